The maximum Gasteiger partial charge on any atom is 0.256 e. The number of carbonyl (C=O) groups excluding carboxylic acids is 1. The molecule has 106 valence electrons. The van der Waals surface area contributed by atoms with Crippen LogP contribution in [-0.2, 0) is 0 Å². The number of nitrogens with one attached hydrogen (secondary N) is 1. The quantitative estimate of drug-likeness (QED) is 0.802. The largest absolute Gasteiger partial charge is 0.508 e. The predicted octanol–water partition coefficient (Wildman–Crippen LogP) is 2.23. The van der Waals surface area contributed by atoms with E-state index in [1.54, 1.807) is 12.1 Å². The summed E-state index contributed by atoms with van der Waals surface area (Å²) in [4.78, 5) is 12.2. The molecule has 0 atom stereocenters. The first-order chi connectivity index (χ1) is 10.0. The maximum atomic E-state index is 12.2. The number of phenolic OH excluding ortho intramolecular Hbond substituents is 2. The fourth-order valence-corrected chi connectivity index (χ4v) is 1.84. The number of para-hydroxylation sites is 1. The van der Waals surface area contributed by atoms with Crippen molar-refractivity contribution in [1.82, 2.24) is 0 Å². The molecule has 3 N–H and O–H groups in total. The zero-order valence-corrected chi connectivity index (χ0v) is 11.1. The Morgan fingerprint density at radius 1 is 1.24 bits per heavy atom. The van der Waals surface area contributed by atoms with Crippen molar-refractivity contribution in [3.05, 3.63) is 47.5 Å². The van der Waals surface area contributed by atoms with Gasteiger partial charge in [-0.15, -0.1) is 0 Å². The summed E-state index contributed by atoms with van der Waals surface area (Å²) in [6.07, 6.45) is 0. The van der Waals surface area contributed by atoms with Crippen molar-refractivity contribution < 1.29 is 19.7 Å². The van der Waals surface area contributed by atoms with E-state index >= 15 is 0 Å². The van der Waals surface area contributed by atoms with Crippen LogP contribution in [0.1, 0.15) is 15.9 Å². The second-order valence-electron chi connectivity index (χ2n) is 4.19. The monoisotopic (exact) mass is 284 g/mol. The Morgan fingerprint density at radius 2 is 1.90 bits per heavy atom. The topological polar surface area (TPSA) is 103 Å². The number of aromatic hydroxyl groups is 2. The molecular weight excluding hydrogens is 272 g/mol. The summed E-state index contributed by atoms with van der Waals surface area (Å²) < 4.78 is 5.11. The van der Waals surface area contributed by atoms with Gasteiger partial charge in [-0.1, -0.05) is 6.07 Å². The van der Waals surface area contributed by atoms with E-state index in [1.807, 2.05) is 6.07 Å². The Hall–Kier alpha value is -3.20. The minimum absolute atomic E-state index is 0.0577. The van der Waals surface area contributed by atoms with Gasteiger partial charge in [0.2, 0.25) is 0 Å². The lowest BCUT2D eigenvalue weighted by molar-refractivity contribution is 0.102. The molecule has 2 aromatic carbocycles. The summed E-state index contributed by atoms with van der Waals surface area (Å²) >= 11 is 0. The highest BCUT2D eigenvalue weighted by atomic mass is 16.5. The molecule has 0 radical (unpaired) electrons. The first-order valence-corrected chi connectivity index (χ1v) is 5.96. The van der Waals surface area contributed by atoms with Gasteiger partial charge in [0.05, 0.1) is 12.7 Å². The summed E-state index contributed by atoms with van der Waals surface area (Å²) in [6, 6.07) is 10.3. The van der Waals surface area contributed by atoms with Crippen LogP contribution in [0.3, 0.4) is 0 Å². The van der Waals surface area contributed by atoms with Gasteiger partial charge in [0, 0.05) is 11.6 Å². The smallest absolute Gasteiger partial charge is 0.256 e. The fourth-order valence-electron chi connectivity index (χ4n) is 1.84. The molecule has 0 spiro atoms. The third-order valence-corrected chi connectivity index (χ3v) is 2.77. The molecule has 2 rings (SSSR count). The van der Waals surface area contributed by atoms with Crippen molar-refractivity contribution in [3.63, 3.8) is 0 Å². The van der Waals surface area contributed by atoms with Crippen LogP contribution in [0.2, 0.25) is 0 Å². The van der Waals surface area contributed by atoms with E-state index in [-0.39, 0.29) is 28.3 Å². The van der Waals surface area contributed by atoms with Gasteiger partial charge in [-0.3, -0.25) is 4.79 Å². The Balaban J connectivity index is 2.38. The number of methoxy groups -OCH3 is 1. The number of ether oxygens (including phenoxy) is 1. The van der Waals surface area contributed by atoms with Gasteiger partial charge in [-0.2, -0.15) is 5.26 Å². The van der Waals surface area contributed by atoms with E-state index in [9.17, 15) is 15.0 Å². The summed E-state index contributed by atoms with van der Waals surface area (Å²) in [7, 11) is 1.42. The lowest BCUT2D eigenvalue weighted by atomic mass is 10.1. The molecule has 0 unspecified atom stereocenters. The summed E-state index contributed by atoms with van der Waals surface area (Å²) in [5, 5.41) is 30.4. The zero-order valence-electron chi connectivity index (χ0n) is 11.1. The number of nitriles is 1. The minimum atomic E-state index is -0.581. The highest BCUT2D eigenvalue weighted by Crippen LogP contribution is 2.29. The molecule has 0 aliphatic carbocycles. The van der Waals surface area contributed by atoms with Gasteiger partial charge in [0.15, 0.2) is 0 Å². The van der Waals surface area contributed by atoms with Gasteiger partial charge in [0.25, 0.3) is 5.91 Å². The predicted molar refractivity (Wildman–Crippen MR) is 75.4 cm³/mol. The molecule has 2 aromatic rings. The maximum absolute atomic E-state index is 12.2. The molecule has 0 aliphatic heterocycles. The van der Waals surface area contributed by atoms with Crippen LogP contribution in [0, 0.1) is 11.3 Å². The summed E-state index contributed by atoms with van der Waals surface area (Å²) in [6.45, 7) is 0. The number of anilines is 1. The molecule has 0 saturated carbocycles. The number of rotatable bonds is 3. The number of hydrogen-bond donors (Lipinski definition) is 3. The Labute approximate surface area is 120 Å². The number of nitrogens with zero attached hydrogens (tertiary/aromatic N) is 1. The molecule has 0 fully saturated rings. The molecular formula is C15H12N2O4. The van der Waals surface area contributed by atoms with Gasteiger partial charge < -0.3 is 20.3 Å². The number of hydrogen-bond acceptors (Lipinski definition) is 5. The van der Waals surface area contributed by atoms with Crippen LogP contribution in [0.4, 0.5) is 5.69 Å². The normalized spacial score (nSPS) is 9.71. The third kappa shape index (κ3) is 3.04. The number of carbonyl (C=O) groups is 1. The lowest BCUT2D eigenvalue weighted by Crippen LogP contribution is -2.13. The third-order valence-electron chi connectivity index (χ3n) is 2.77. The number of phenols is 2. The second kappa shape index (κ2) is 5.84. The van der Waals surface area contributed by atoms with Crippen LogP contribution in [-0.4, -0.2) is 23.2 Å². The highest BCUT2D eigenvalue weighted by molar-refractivity contribution is 6.06. The van der Waals surface area contributed by atoms with Gasteiger partial charge >= 0.3 is 0 Å². The average Bonchev–Trinajstić information content (AvgIpc) is 2.46. The SMILES string of the molecule is COc1cccc(C#N)c1NC(=O)c1cc(O)cc(O)c1. The summed E-state index contributed by atoms with van der Waals surface area (Å²) in [5.74, 6) is -0.713. The van der Waals surface area contributed by atoms with Crippen LogP contribution >= 0.6 is 0 Å². The zero-order chi connectivity index (χ0) is 15.4. The molecule has 21 heavy (non-hydrogen) atoms. The molecule has 0 aliphatic rings. The number of amides is 1. The Bertz CT molecular complexity index is 715. The molecule has 6 nitrogen and oxygen atoms in total. The van der Waals surface area contributed by atoms with E-state index in [2.05, 4.69) is 5.32 Å². The van der Waals surface area contributed by atoms with E-state index in [4.69, 9.17) is 10.00 Å². The van der Waals surface area contributed by atoms with Crippen LogP contribution in [0.5, 0.6) is 17.2 Å². The van der Waals surface area contributed by atoms with Crippen molar-refractivity contribution in [2.75, 3.05) is 12.4 Å². The van der Waals surface area contributed by atoms with E-state index < -0.39 is 5.91 Å². The van der Waals surface area contributed by atoms with Crippen LogP contribution in [0.25, 0.3) is 0 Å². The Morgan fingerprint density at radius 3 is 2.48 bits per heavy atom. The molecule has 0 saturated heterocycles. The number of benzene rings is 2. The molecule has 0 aromatic heterocycles. The Kier molecular flexibility index (Phi) is 3.95. The second-order valence-corrected chi connectivity index (χ2v) is 4.19. The van der Waals surface area contributed by atoms with E-state index in [1.165, 1.54) is 25.3 Å². The summed E-state index contributed by atoms with van der Waals surface area (Å²) in [5.41, 5.74) is 0.532. The van der Waals surface area contributed by atoms with Crippen LogP contribution in [0.15, 0.2) is 36.4 Å². The van der Waals surface area contributed by atoms with E-state index in [0.29, 0.717) is 5.75 Å². The van der Waals surface area contributed by atoms with Crippen molar-refractivity contribution in [1.29, 1.82) is 5.26 Å². The molecule has 6 heteroatoms. The molecule has 1 amide bonds. The fraction of sp³-hybridized carbons (Fsp3) is 0.0667. The average molecular weight is 284 g/mol. The van der Waals surface area contributed by atoms with Crippen LogP contribution < -0.4 is 10.1 Å². The lowest BCUT2D eigenvalue weighted by Gasteiger charge is -2.12. The van der Waals surface area contributed by atoms with Gasteiger partial charge in [-0.05, 0) is 24.3 Å². The molecule has 0 heterocycles. The van der Waals surface area contributed by atoms with Crippen molar-refractivity contribution in [3.8, 4) is 23.3 Å². The molecule has 0 bridgehead atoms. The van der Waals surface area contributed by atoms with Crippen molar-refractivity contribution in [2.45, 2.75) is 0 Å². The van der Waals surface area contributed by atoms with Gasteiger partial charge in [-0.25, -0.2) is 0 Å². The van der Waals surface area contributed by atoms with Crippen molar-refractivity contribution in [2.24, 2.45) is 0 Å². The first-order valence-electron chi connectivity index (χ1n) is 5.96. The minimum Gasteiger partial charge on any atom is -0.508 e. The highest BCUT2D eigenvalue weighted by Gasteiger charge is 2.14. The van der Waals surface area contributed by atoms with Crippen molar-refractivity contribution >= 4 is 11.6 Å². The standard InChI is InChI=1S/C15H12N2O4/c1-21-13-4-2-3-9(8-16)14(13)17-15(20)10-5-11(18)7-12(19)6-10/h2-7,18-19H,1H3,(H,17,20). The first kappa shape index (κ1) is 14.2. The van der Waals surface area contributed by atoms with Gasteiger partial charge in [0.1, 0.15) is 29.0 Å². The van der Waals surface area contributed by atoms with E-state index in [0.717, 1.165) is 6.07 Å².